The summed E-state index contributed by atoms with van der Waals surface area (Å²) >= 11 is 6.30. The van der Waals surface area contributed by atoms with E-state index in [2.05, 4.69) is 9.47 Å². The van der Waals surface area contributed by atoms with Crippen LogP contribution in [0.2, 0.25) is 0 Å². The average Bonchev–Trinajstić information content (AvgIpc) is 3.10. The van der Waals surface area contributed by atoms with Crippen LogP contribution >= 0.6 is 90.4 Å². The van der Waals surface area contributed by atoms with Gasteiger partial charge in [-0.25, -0.2) is 0 Å². The van der Waals surface area contributed by atoms with Crippen LogP contribution in [0.15, 0.2) is 72.8 Å². The van der Waals surface area contributed by atoms with Crippen molar-refractivity contribution in [1.29, 1.82) is 0 Å². The summed E-state index contributed by atoms with van der Waals surface area (Å²) in [4.78, 5) is 35.2. The molecule has 0 fully saturated rings. The summed E-state index contributed by atoms with van der Waals surface area (Å²) in [6.07, 6.45) is -23.7. The lowest BCUT2D eigenvalue weighted by atomic mass is 9.90. The van der Waals surface area contributed by atoms with Gasteiger partial charge >= 0.3 is 24.7 Å². The molecule has 0 bridgehead atoms. The Labute approximate surface area is 386 Å². The summed E-state index contributed by atoms with van der Waals surface area (Å²) in [5.74, 6) is -0.956. The minimum atomic E-state index is -5.80. The number of anilines is 1. The molecule has 60 heavy (non-hydrogen) atoms. The normalized spacial score (nSPS) is 12.8. The van der Waals surface area contributed by atoms with E-state index in [4.69, 9.17) is 5.73 Å². The number of carbonyl (C=O) groups is 2. The molecule has 24 heteroatoms. The molecule has 4 rings (SSSR count). The highest BCUT2D eigenvalue weighted by Gasteiger charge is 2.74. The van der Waals surface area contributed by atoms with Gasteiger partial charge in [0.2, 0.25) is 0 Å². The molecule has 0 spiro atoms. The molecule has 0 unspecified atom stereocenters. The van der Waals surface area contributed by atoms with Gasteiger partial charge in [0, 0.05) is 81.4 Å². The molecule has 8 nitrogen and oxygen atoms in total. The van der Waals surface area contributed by atoms with Crippen molar-refractivity contribution in [3.63, 3.8) is 0 Å². The van der Waals surface area contributed by atoms with E-state index in [1.54, 1.807) is 57.3 Å². The number of benzene rings is 4. The maximum Gasteiger partial charge on any atom is 0.430 e. The van der Waals surface area contributed by atoms with Crippen molar-refractivity contribution < 1.29 is 76.7 Å². The summed E-state index contributed by atoms with van der Waals surface area (Å²) in [6, 6.07) is 13.8. The molecule has 0 aliphatic heterocycles. The summed E-state index contributed by atoms with van der Waals surface area (Å²) in [7, 11) is 0.679. The number of nitrogens with zero attached hydrogens (tertiary/aromatic N) is 1. The van der Waals surface area contributed by atoms with Crippen LogP contribution in [-0.4, -0.2) is 55.4 Å². The number of halogens is 16. The van der Waals surface area contributed by atoms with E-state index >= 15 is 0 Å². The first kappa shape index (κ1) is 51.8. The number of ketones is 2. The van der Waals surface area contributed by atoms with Crippen LogP contribution in [0.3, 0.4) is 0 Å². The minimum Gasteiger partial charge on any atom is -0.399 e. The van der Waals surface area contributed by atoms with E-state index in [1.807, 2.05) is 0 Å². The number of rotatable bonds is 11. The van der Waals surface area contributed by atoms with Gasteiger partial charge in [-0.3, -0.25) is 19.7 Å². The maximum absolute atomic E-state index is 13.5. The van der Waals surface area contributed by atoms with Crippen molar-refractivity contribution >= 4 is 113 Å². The van der Waals surface area contributed by atoms with E-state index in [0.29, 0.717) is 37.6 Å². The molecule has 0 saturated heterocycles. The second-order valence-corrected chi connectivity index (χ2v) is 16.9. The number of nitrogen functional groups attached to an aromatic ring is 1. The topological polar surface area (TPSA) is 122 Å². The van der Waals surface area contributed by atoms with Crippen molar-refractivity contribution in [3.05, 3.63) is 131 Å². The number of hydrogen-bond donors (Lipinski definition) is 1. The van der Waals surface area contributed by atoms with Gasteiger partial charge < -0.3 is 15.2 Å². The molecule has 326 valence electrons. The molecule has 0 saturated carbocycles. The number of non-ortho nitro benzene ring substituents is 1. The van der Waals surface area contributed by atoms with E-state index in [0.717, 1.165) is 18.2 Å². The monoisotopic (exact) mass is 1320 g/mol. The lowest BCUT2D eigenvalue weighted by molar-refractivity contribution is -0.385. The highest BCUT2D eigenvalue weighted by atomic mass is 127. The second kappa shape index (κ2) is 19.4. The van der Waals surface area contributed by atoms with E-state index in [9.17, 15) is 72.4 Å². The first-order valence-electron chi connectivity index (χ1n) is 15.9. The number of methoxy groups -OCH3 is 2. The second-order valence-electron chi connectivity index (χ2n) is 12.2. The van der Waals surface area contributed by atoms with E-state index in [-0.39, 0.29) is 55.3 Å². The van der Waals surface area contributed by atoms with Gasteiger partial charge in [0.1, 0.15) is 0 Å². The Morgan fingerprint density at radius 1 is 0.583 bits per heavy atom. The zero-order valence-corrected chi connectivity index (χ0v) is 38.5. The van der Waals surface area contributed by atoms with Crippen LogP contribution < -0.4 is 5.73 Å². The fourth-order valence-corrected chi connectivity index (χ4v) is 9.95. The van der Waals surface area contributed by atoms with Gasteiger partial charge in [0.25, 0.3) is 16.9 Å². The molecule has 0 atom stereocenters. The number of hydrogen-bond acceptors (Lipinski definition) is 7. The van der Waals surface area contributed by atoms with Crippen molar-refractivity contribution in [2.45, 2.75) is 48.7 Å². The number of alkyl halides is 12. The van der Waals surface area contributed by atoms with Crippen molar-refractivity contribution in [2.24, 2.45) is 0 Å². The zero-order valence-electron chi connectivity index (χ0n) is 29.9. The highest BCUT2D eigenvalue weighted by molar-refractivity contribution is 14.1. The minimum absolute atomic E-state index is 0.0123. The molecule has 0 radical (unpaired) electrons. The van der Waals surface area contributed by atoms with Gasteiger partial charge in [-0.05, 0) is 138 Å². The Kier molecular flexibility index (Phi) is 16.8. The Balaban J connectivity index is 0.000000321. The van der Waals surface area contributed by atoms with Crippen LogP contribution in [0.1, 0.15) is 43.0 Å². The third-order valence-electron chi connectivity index (χ3n) is 8.57. The van der Waals surface area contributed by atoms with Gasteiger partial charge in [0.15, 0.2) is 11.6 Å². The van der Waals surface area contributed by atoms with Crippen LogP contribution in [0.5, 0.6) is 0 Å². The first-order valence-corrected chi connectivity index (χ1v) is 20.2. The van der Waals surface area contributed by atoms with Crippen molar-refractivity contribution in [3.8, 4) is 0 Å². The number of carbonyl (C=O) groups excluding carboxylic acids is 2. The number of nitrogens with two attached hydrogens (primary N) is 1. The molecular formula is C36H24F12I4N2O6. The third-order valence-corrected chi connectivity index (χ3v) is 12.4. The Morgan fingerprint density at radius 2 is 0.900 bits per heavy atom. The van der Waals surface area contributed by atoms with Gasteiger partial charge in [0.05, 0.1) is 4.92 Å². The quantitative estimate of drug-likeness (QED) is 0.0396. The van der Waals surface area contributed by atoms with E-state index in [1.165, 1.54) is 75.5 Å². The fraction of sp³-hybridized carbons (Fsp3) is 0.278. The number of Topliss-reactive ketones (excluding diaryl/α,β-unsaturated/α-hetero) is 2. The summed E-state index contributed by atoms with van der Waals surface area (Å²) < 4.78 is 170. The highest BCUT2D eigenvalue weighted by Crippen LogP contribution is 2.54. The molecule has 0 amide bonds. The molecule has 0 aliphatic rings. The van der Waals surface area contributed by atoms with Crippen LogP contribution in [0.4, 0.5) is 64.1 Å². The number of nitro benzene ring substituents is 1. The van der Waals surface area contributed by atoms with E-state index < -0.39 is 57.7 Å². The molecular weight excluding hydrogens is 1290 g/mol. The SMILES string of the molecule is COC(c1cc(I)c(CC(=O)c2cccc(N)c2)c(I)c1)(C(F)(F)F)C(F)(F)F.COC(c1cc(I)c(CC(=O)c2cccc([N+](=O)[O-])c2)c(I)c1)(C(F)(F)F)C(F)(F)F. The zero-order chi connectivity index (χ0) is 46.0. The standard InChI is InChI=1S/C18H11F6I2NO4.C18H13F6I2NO2/c1-31-16(17(19,20)21,18(22,23)24)10-6-13(25)12(14(26)7-10)8-15(28)9-3-2-4-11(5-9)27(29)30;1-29-16(17(19,20)21,18(22,23)24)10-6-13(25)12(14(26)7-10)8-15(28)9-3-2-4-11(27)5-9/h2-7H,8H2,1H3;2-7H,8,27H2,1H3. The molecule has 4 aromatic carbocycles. The largest absolute Gasteiger partial charge is 0.430 e. The summed E-state index contributed by atoms with van der Waals surface area (Å²) in [5.41, 5.74) is -4.84. The average molecular weight is 1320 g/mol. The number of ether oxygens (including phenoxy) is 2. The van der Waals surface area contributed by atoms with Crippen molar-refractivity contribution in [2.75, 3.05) is 20.0 Å². The maximum atomic E-state index is 13.5. The molecule has 2 N–H and O–H groups in total. The summed E-state index contributed by atoms with van der Waals surface area (Å²) in [5, 5.41) is 10.9. The third kappa shape index (κ3) is 10.8. The Hall–Kier alpha value is -2.58. The molecule has 0 aliphatic carbocycles. The lowest BCUT2D eigenvalue weighted by Gasteiger charge is -2.36. The smallest absolute Gasteiger partial charge is 0.399 e. The lowest BCUT2D eigenvalue weighted by Crippen LogP contribution is -2.55. The van der Waals surface area contributed by atoms with Gasteiger partial charge in [-0.15, -0.1) is 0 Å². The predicted molar refractivity (Wildman–Crippen MR) is 225 cm³/mol. The first-order chi connectivity index (χ1) is 27.4. The molecule has 4 aromatic rings. The summed E-state index contributed by atoms with van der Waals surface area (Å²) in [6.45, 7) is 0. The van der Waals surface area contributed by atoms with Gasteiger partial charge in [-0.1, -0.05) is 24.3 Å². The molecule has 0 aromatic heterocycles. The van der Waals surface area contributed by atoms with Crippen LogP contribution in [0.25, 0.3) is 0 Å². The van der Waals surface area contributed by atoms with Gasteiger partial charge in [-0.2, -0.15) is 52.7 Å². The fourth-order valence-electron chi connectivity index (χ4n) is 5.66. The Bertz CT molecular complexity index is 2190. The Morgan fingerprint density at radius 3 is 1.18 bits per heavy atom. The van der Waals surface area contributed by atoms with Crippen LogP contribution in [0, 0.1) is 24.4 Å². The number of nitro groups is 1. The molecule has 0 heterocycles. The predicted octanol–water partition coefficient (Wildman–Crippen LogP) is 12.1. The van der Waals surface area contributed by atoms with Crippen molar-refractivity contribution in [1.82, 2.24) is 0 Å². The van der Waals surface area contributed by atoms with Crippen LogP contribution in [-0.2, 0) is 33.5 Å².